The van der Waals surface area contributed by atoms with Crippen LogP contribution in [0.2, 0.25) is 0 Å². The molecule has 2 heterocycles. The van der Waals surface area contributed by atoms with Gasteiger partial charge in [0.15, 0.2) is 12.6 Å². The Kier molecular flexibility index (Phi) is 6.11. The third-order valence-electron chi connectivity index (χ3n) is 4.07. The summed E-state index contributed by atoms with van der Waals surface area (Å²) in [5.74, 6) is 0. The number of rotatable bonds is 4. The fourth-order valence-corrected chi connectivity index (χ4v) is 2.69. The van der Waals surface area contributed by atoms with Gasteiger partial charge in [-0.1, -0.05) is 0 Å². The maximum absolute atomic E-state index is 10.2. The summed E-state index contributed by atoms with van der Waals surface area (Å²) in [6, 6.07) is 0. The van der Waals surface area contributed by atoms with Crippen LogP contribution >= 0.6 is 0 Å². The minimum atomic E-state index is -1.40. The van der Waals surface area contributed by atoms with E-state index in [1.165, 1.54) is 7.11 Å². The molecule has 9 heteroatoms. The van der Waals surface area contributed by atoms with E-state index in [2.05, 4.69) is 0 Å². The molecular formula is C13H24O9. The molecule has 0 saturated carbocycles. The van der Waals surface area contributed by atoms with Crippen molar-refractivity contribution in [1.82, 2.24) is 0 Å². The van der Waals surface area contributed by atoms with Crippen LogP contribution in [0.1, 0.15) is 13.3 Å². The highest BCUT2D eigenvalue weighted by Crippen LogP contribution is 2.29. The average molecular weight is 324 g/mol. The molecular weight excluding hydrogens is 300 g/mol. The molecule has 2 fully saturated rings. The molecule has 0 unspecified atom stereocenters. The van der Waals surface area contributed by atoms with Crippen LogP contribution in [-0.2, 0) is 18.9 Å². The van der Waals surface area contributed by atoms with E-state index in [1.54, 1.807) is 6.92 Å². The van der Waals surface area contributed by atoms with Crippen LogP contribution in [0.4, 0.5) is 0 Å². The van der Waals surface area contributed by atoms with Crippen LogP contribution in [0.5, 0.6) is 0 Å². The van der Waals surface area contributed by atoms with E-state index in [0.29, 0.717) is 0 Å². The topological polar surface area (TPSA) is 138 Å². The highest BCUT2D eigenvalue weighted by molar-refractivity contribution is 4.92. The molecule has 0 aromatic rings. The zero-order valence-electron chi connectivity index (χ0n) is 12.5. The fraction of sp³-hybridized carbons (Fsp3) is 1.00. The van der Waals surface area contributed by atoms with Crippen LogP contribution in [0.3, 0.4) is 0 Å². The van der Waals surface area contributed by atoms with Gasteiger partial charge in [-0.05, 0) is 6.92 Å². The molecule has 0 aromatic heterocycles. The summed E-state index contributed by atoms with van der Waals surface area (Å²) in [6.45, 7) is 1.12. The molecule has 0 aromatic carbocycles. The third kappa shape index (κ3) is 3.58. The van der Waals surface area contributed by atoms with Gasteiger partial charge in [0.2, 0.25) is 0 Å². The molecule has 0 amide bonds. The summed E-state index contributed by atoms with van der Waals surface area (Å²) >= 11 is 0. The van der Waals surface area contributed by atoms with Crippen LogP contribution in [0.15, 0.2) is 0 Å². The Balaban J connectivity index is 2.09. The molecule has 0 bridgehead atoms. The van der Waals surface area contributed by atoms with Gasteiger partial charge in [-0.3, -0.25) is 0 Å². The van der Waals surface area contributed by atoms with Gasteiger partial charge < -0.3 is 44.5 Å². The Hall–Kier alpha value is -0.360. The number of aliphatic hydroxyl groups excluding tert-OH is 5. The Labute approximate surface area is 128 Å². The Morgan fingerprint density at radius 2 is 1.73 bits per heavy atom. The molecule has 0 radical (unpaired) electrons. The van der Waals surface area contributed by atoms with E-state index >= 15 is 0 Å². The van der Waals surface area contributed by atoms with Crippen molar-refractivity contribution < 1.29 is 44.5 Å². The van der Waals surface area contributed by atoms with E-state index in [1.807, 2.05) is 0 Å². The molecule has 0 spiro atoms. The van der Waals surface area contributed by atoms with Crippen LogP contribution in [0.25, 0.3) is 0 Å². The second-order valence-corrected chi connectivity index (χ2v) is 5.62. The summed E-state index contributed by atoms with van der Waals surface area (Å²) in [6.07, 6.45) is -9.32. The Morgan fingerprint density at radius 3 is 2.32 bits per heavy atom. The monoisotopic (exact) mass is 324 g/mol. The summed E-state index contributed by atoms with van der Waals surface area (Å²) < 4.78 is 21.1. The van der Waals surface area contributed by atoms with Crippen molar-refractivity contribution in [3.05, 3.63) is 0 Å². The first-order valence-corrected chi connectivity index (χ1v) is 7.21. The first-order chi connectivity index (χ1) is 10.4. The number of ether oxygens (including phenoxy) is 4. The van der Waals surface area contributed by atoms with Crippen molar-refractivity contribution in [2.75, 3.05) is 13.7 Å². The number of methoxy groups -OCH3 is 1. The Morgan fingerprint density at radius 1 is 1.05 bits per heavy atom. The smallest absolute Gasteiger partial charge is 0.184 e. The van der Waals surface area contributed by atoms with E-state index in [0.717, 1.165) is 0 Å². The largest absolute Gasteiger partial charge is 0.394 e. The molecule has 2 saturated heterocycles. The maximum Gasteiger partial charge on any atom is 0.184 e. The first kappa shape index (κ1) is 18.0. The van der Waals surface area contributed by atoms with E-state index in [4.69, 9.17) is 18.9 Å². The summed E-state index contributed by atoms with van der Waals surface area (Å²) in [7, 11) is 1.31. The second-order valence-electron chi connectivity index (χ2n) is 5.62. The quantitative estimate of drug-likeness (QED) is 0.374. The molecule has 5 N–H and O–H groups in total. The van der Waals surface area contributed by atoms with E-state index in [-0.39, 0.29) is 6.42 Å². The van der Waals surface area contributed by atoms with Crippen molar-refractivity contribution in [1.29, 1.82) is 0 Å². The minimum absolute atomic E-state index is 0.0643. The second kappa shape index (κ2) is 7.47. The zero-order chi connectivity index (χ0) is 16.4. The van der Waals surface area contributed by atoms with Gasteiger partial charge in [-0.15, -0.1) is 0 Å². The lowest BCUT2D eigenvalue weighted by Crippen LogP contribution is -2.62. The van der Waals surface area contributed by atoms with Gasteiger partial charge in [0, 0.05) is 13.5 Å². The van der Waals surface area contributed by atoms with Crippen LogP contribution in [-0.4, -0.2) is 94.6 Å². The standard InChI is InChI=1S/C13H24O9/c1-5-6(15)3-7(16)13(20-5)22-10-9(17)8(4-14)21-12(18)11(10)19-2/h5-18H,3-4H2,1-2H3/t5-,6-,7-,8-,9-,10+,11+,12+,13-/m1/s1. The van der Waals surface area contributed by atoms with Gasteiger partial charge in [0.1, 0.15) is 30.5 Å². The molecule has 22 heavy (non-hydrogen) atoms. The lowest BCUT2D eigenvalue weighted by atomic mass is 9.98. The highest BCUT2D eigenvalue weighted by Gasteiger charge is 2.48. The predicted molar refractivity (Wildman–Crippen MR) is 70.6 cm³/mol. The van der Waals surface area contributed by atoms with Gasteiger partial charge >= 0.3 is 0 Å². The lowest BCUT2D eigenvalue weighted by molar-refractivity contribution is -0.344. The van der Waals surface area contributed by atoms with Crippen LogP contribution in [0, 0.1) is 0 Å². The normalized spacial score (nSPS) is 50.0. The lowest BCUT2D eigenvalue weighted by Gasteiger charge is -2.44. The van der Waals surface area contributed by atoms with Crippen LogP contribution < -0.4 is 0 Å². The summed E-state index contributed by atoms with van der Waals surface area (Å²) in [5, 5.41) is 48.8. The van der Waals surface area contributed by atoms with E-state index in [9.17, 15) is 25.5 Å². The molecule has 130 valence electrons. The van der Waals surface area contributed by atoms with Crippen molar-refractivity contribution in [2.45, 2.75) is 68.7 Å². The van der Waals surface area contributed by atoms with E-state index < -0.39 is 61.9 Å². The number of aliphatic hydroxyl groups is 5. The van der Waals surface area contributed by atoms with Crippen molar-refractivity contribution >= 4 is 0 Å². The molecule has 2 rings (SSSR count). The Bertz CT molecular complexity index is 354. The van der Waals surface area contributed by atoms with Crippen molar-refractivity contribution in [3.63, 3.8) is 0 Å². The summed E-state index contributed by atoms with van der Waals surface area (Å²) in [4.78, 5) is 0. The van der Waals surface area contributed by atoms with Gasteiger partial charge in [-0.2, -0.15) is 0 Å². The van der Waals surface area contributed by atoms with Gasteiger partial charge in [-0.25, -0.2) is 0 Å². The number of hydrogen-bond acceptors (Lipinski definition) is 9. The molecule has 9 nitrogen and oxygen atoms in total. The van der Waals surface area contributed by atoms with Gasteiger partial charge in [0.25, 0.3) is 0 Å². The predicted octanol–water partition coefficient (Wildman–Crippen LogP) is -2.69. The fourth-order valence-electron chi connectivity index (χ4n) is 2.69. The maximum atomic E-state index is 10.2. The molecule has 2 aliphatic rings. The molecule has 2 aliphatic heterocycles. The van der Waals surface area contributed by atoms with Crippen molar-refractivity contribution in [2.24, 2.45) is 0 Å². The zero-order valence-corrected chi connectivity index (χ0v) is 12.5. The molecule has 9 atom stereocenters. The van der Waals surface area contributed by atoms with Crippen molar-refractivity contribution in [3.8, 4) is 0 Å². The SMILES string of the molecule is CO[C@H]1[C@@H](O[C@H]2O[C@H](C)[C@H](O)C[C@H]2O)[C@H](O)[C@@H](CO)O[C@@H]1O. The van der Waals surface area contributed by atoms with Gasteiger partial charge in [0.05, 0.1) is 18.8 Å². The third-order valence-corrected chi connectivity index (χ3v) is 4.07. The molecule has 0 aliphatic carbocycles. The summed E-state index contributed by atoms with van der Waals surface area (Å²) in [5.41, 5.74) is 0. The first-order valence-electron chi connectivity index (χ1n) is 7.21. The highest BCUT2D eigenvalue weighted by atomic mass is 16.7. The average Bonchev–Trinajstić information content (AvgIpc) is 2.48. The number of hydrogen-bond donors (Lipinski definition) is 5. The minimum Gasteiger partial charge on any atom is -0.394 e.